The number of hydrogen-bond acceptors (Lipinski definition) is 3. The lowest BCUT2D eigenvalue weighted by atomic mass is 9.68. The Bertz CT molecular complexity index is 534. The normalized spacial score (nSPS) is 16.2. The Morgan fingerprint density at radius 1 is 1.29 bits per heavy atom. The van der Waals surface area contributed by atoms with Crippen molar-refractivity contribution in [2.75, 3.05) is 13.2 Å². The van der Waals surface area contributed by atoms with Gasteiger partial charge in [0, 0.05) is 24.1 Å². The van der Waals surface area contributed by atoms with Gasteiger partial charge in [-0.15, -0.1) is 0 Å². The molecular formula is C20H31BrO3. The van der Waals surface area contributed by atoms with Gasteiger partial charge in [-0.3, -0.25) is 4.79 Å². The summed E-state index contributed by atoms with van der Waals surface area (Å²) in [7, 11) is 0. The van der Waals surface area contributed by atoms with Gasteiger partial charge in [0.05, 0.1) is 12.0 Å². The molecule has 0 atom stereocenters. The first-order chi connectivity index (χ1) is 11.5. The van der Waals surface area contributed by atoms with Crippen LogP contribution in [0.1, 0.15) is 69.6 Å². The van der Waals surface area contributed by atoms with Gasteiger partial charge in [-0.1, -0.05) is 49.2 Å². The second-order valence-corrected chi connectivity index (χ2v) is 6.98. The highest BCUT2D eigenvalue weighted by atomic mass is 79.9. The molecule has 0 spiro atoms. The Hall–Kier alpha value is -0.710. The van der Waals surface area contributed by atoms with Crippen LogP contribution in [0.5, 0.6) is 0 Å². The lowest BCUT2D eigenvalue weighted by Gasteiger charge is -2.38. The number of rotatable bonds is 6. The van der Waals surface area contributed by atoms with E-state index in [0.717, 1.165) is 46.8 Å². The monoisotopic (exact) mass is 398 g/mol. The van der Waals surface area contributed by atoms with Crippen LogP contribution in [0.3, 0.4) is 0 Å². The maximum absolute atomic E-state index is 13.0. The minimum absolute atomic E-state index is 0.0123. The predicted octanol–water partition coefficient (Wildman–Crippen LogP) is 5.08. The van der Waals surface area contributed by atoms with E-state index >= 15 is 0 Å². The van der Waals surface area contributed by atoms with Gasteiger partial charge < -0.3 is 9.84 Å². The molecule has 1 saturated heterocycles. The fourth-order valence-corrected chi connectivity index (χ4v) is 3.83. The topological polar surface area (TPSA) is 46.5 Å². The quantitative estimate of drug-likeness (QED) is 0.725. The van der Waals surface area contributed by atoms with Crippen molar-refractivity contribution in [1.29, 1.82) is 0 Å². The third-order valence-corrected chi connectivity index (χ3v) is 5.56. The summed E-state index contributed by atoms with van der Waals surface area (Å²) < 4.78 is 6.48. The number of ether oxygens (including phenoxy) is 1. The van der Waals surface area contributed by atoms with Crippen molar-refractivity contribution in [1.82, 2.24) is 0 Å². The number of unbranched alkanes of at least 4 members (excludes halogenated alkanes) is 1. The van der Waals surface area contributed by atoms with E-state index in [2.05, 4.69) is 22.9 Å². The zero-order chi connectivity index (χ0) is 18.2. The fourth-order valence-electron chi connectivity index (χ4n) is 3.32. The molecule has 1 aliphatic heterocycles. The summed E-state index contributed by atoms with van der Waals surface area (Å²) in [6, 6.07) is 3.94. The van der Waals surface area contributed by atoms with E-state index in [4.69, 9.17) is 4.74 Å². The number of halogens is 1. The third-order valence-electron chi connectivity index (χ3n) is 4.74. The molecule has 1 fully saturated rings. The van der Waals surface area contributed by atoms with Crippen LogP contribution >= 0.6 is 15.9 Å². The van der Waals surface area contributed by atoms with Crippen molar-refractivity contribution in [2.24, 2.45) is 0 Å². The van der Waals surface area contributed by atoms with Crippen molar-refractivity contribution in [3.05, 3.63) is 33.3 Å². The molecule has 0 amide bonds. The van der Waals surface area contributed by atoms with Gasteiger partial charge in [-0.2, -0.15) is 0 Å². The Labute approximate surface area is 154 Å². The van der Waals surface area contributed by atoms with E-state index in [0.29, 0.717) is 25.4 Å². The Morgan fingerprint density at radius 3 is 2.46 bits per heavy atom. The maximum atomic E-state index is 13.0. The molecule has 0 unspecified atom stereocenters. The van der Waals surface area contributed by atoms with Crippen molar-refractivity contribution >= 4 is 21.7 Å². The molecule has 1 N–H and O–H groups in total. The van der Waals surface area contributed by atoms with Crippen LogP contribution in [0.4, 0.5) is 0 Å². The van der Waals surface area contributed by atoms with Crippen LogP contribution in [0.2, 0.25) is 0 Å². The highest BCUT2D eigenvalue weighted by Gasteiger charge is 2.42. The van der Waals surface area contributed by atoms with Crippen molar-refractivity contribution < 1.29 is 14.6 Å². The molecule has 0 bridgehead atoms. The van der Waals surface area contributed by atoms with Gasteiger partial charge in [0.15, 0.2) is 0 Å². The maximum Gasteiger partial charge on any atom is 0.143 e. The number of benzene rings is 1. The fraction of sp³-hybridized carbons (Fsp3) is 0.650. The molecule has 1 aliphatic rings. The third kappa shape index (κ3) is 4.68. The zero-order valence-electron chi connectivity index (χ0n) is 15.5. The average molecular weight is 399 g/mol. The number of Topliss-reactive ketones (excluding diaryl/α,β-unsaturated/α-hetero) is 1. The highest BCUT2D eigenvalue weighted by molar-refractivity contribution is 9.10. The average Bonchev–Trinajstić information content (AvgIpc) is 2.63. The smallest absolute Gasteiger partial charge is 0.143 e. The van der Waals surface area contributed by atoms with E-state index in [1.165, 1.54) is 0 Å². The summed E-state index contributed by atoms with van der Waals surface area (Å²) >= 11 is 3.58. The van der Waals surface area contributed by atoms with E-state index in [1.807, 2.05) is 32.9 Å². The lowest BCUT2D eigenvalue weighted by Crippen LogP contribution is -2.42. The van der Waals surface area contributed by atoms with Gasteiger partial charge in [0.2, 0.25) is 0 Å². The summed E-state index contributed by atoms with van der Waals surface area (Å²) in [6.07, 6.45) is 4.05. The Kier molecular flexibility index (Phi) is 9.17. The number of aliphatic hydroxyl groups is 1. The van der Waals surface area contributed by atoms with Crippen LogP contribution in [0.15, 0.2) is 16.6 Å². The van der Waals surface area contributed by atoms with Crippen LogP contribution in [-0.4, -0.2) is 24.1 Å². The van der Waals surface area contributed by atoms with E-state index < -0.39 is 5.41 Å². The Balaban J connectivity index is 0.00000139. The zero-order valence-corrected chi connectivity index (χ0v) is 17.0. The number of carbonyl (C=O) groups excluding carboxylic acids is 1. The summed E-state index contributed by atoms with van der Waals surface area (Å²) in [4.78, 5) is 13.0. The molecule has 136 valence electrons. The number of hydrogen-bond donors (Lipinski definition) is 1. The number of aliphatic hydroxyl groups excluding tert-OH is 1. The van der Waals surface area contributed by atoms with Crippen LogP contribution < -0.4 is 0 Å². The van der Waals surface area contributed by atoms with Gasteiger partial charge in [0.25, 0.3) is 0 Å². The predicted molar refractivity (Wildman–Crippen MR) is 102 cm³/mol. The molecular weight excluding hydrogens is 368 g/mol. The van der Waals surface area contributed by atoms with Gasteiger partial charge in [-0.05, 0) is 48.9 Å². The van der Waals surface area contributed by atoms with Gasteiger partial charge >= 0.3 is 0 Å². The standard InChI is InChI=1S/C18H25BrO3.C2H6/c1-3-4-5-17(21)18(6-8-22-9-7-18)15-10-14(12-20)11-16(19)13(15)2;1-2/h10-11,20H,3-9,12H2,1-2H3;1-2H3. The van der Waals surface area contributed by atoms with Crippen LogP contribution in [0.25, 0.3) is 0 Å². The first-order valence-corrected chi connectivity index (χ1v) is 9.86. The molecule has 0 aliphatic carbocycles. The summed E-state index contributed by atoms with van der Waals surface area (Å²) in [5.74, 6) is 0.322. The van der Waals surface area contributed by atoms with Crippen molar-refractivity contribution in [2.45, 2.75) is 71.8 Å². The van der Waals surface area contributed by atoms with E-state index in [-0.39, 0.29) is 6.61 Å². The lowest BCUT2D eigenvalue weighted by molar-refractivity contribution is -0.128. The molecule has 0 saturated carbocycles. The van der Waals surface area contributed by atoms with Gasteiger partial charge in [0.1, 0.15) is 5.78 Å². The van der Waals surface area contributed by atoms with E-state index in [1.54, 1.807) is 0 Å². The molecule has 2 rings (SSSR count). The van der Waals surface area contributed by atoms with Crippen LogP contribution in [0, 0.1) is 6.92 Å². The molecule has 0 radical (unpaired) electrons. The van der Waals surface area contributed by atoms with Gasteiger partial charge in [-0.25, -0.2) is 0 Å². The van der Waals surface area contributed by atoms with E-state index in [9.17, 15) is 9.90 Å². The minimum Gasteiger partial charge on any atom is -0.392 e. The summed E-state index contributed by atoms with van der Waals surface area (Å²) in [5.41, 5.74) is 2.56. The summed E-state index contributed by atoms with van der Waals surface area (Å²) in [6.45, 7) is 9.39. The molecule has 0 aromatic heterocycles. The van der Waals surface area contributed by atoms with Crippen molar-refractivity contribution in [3.63, 3.8) is 0 Å². The van der Waals surface area contributed by atoms with Crippen molar-refractivity contribution in [3.8, 4) is 0 Å². The second kappa shape index (κ2) is 10.3. The minimum atomic E-state index is -0.453. The molecule has 1 aromatic carbocycles. The largest absolute Gasteiger partial charge is 0.392 e. The Morgan fingerprint density at radius 2 is 1.92 bits per heavy atom. The molecule has 24 heavy (non-hydrogen) atoms. The second-order valence-electron chi connectivity index (χ2n) is 6.13. The highest BCUT2D eigenvalue weighted by Crippen LogP contribution is 2.41. The first kappa shape index (κ1) is 21.3. The first-order valence-electron chi connectivity index (χ1n) is 9.06. The molecule has 4 heteroatoms. The summed E-state index contributed by atoms with van der Waals surface area (Å²) in [5, 5.41) is 9.51. The molecule has 1 aromatic rings. The SMILES string of the molecule is CC.CCCCC(=O)C1(c2cc(CO)cc(Br)c2C)CCOCC1. The number of carbonyl (C=O) groups is 1. The number of ketones is 1. The molecule has 1 heterocycles. The van der Waals surface area contributed by atoms with Crippen LogP contribution in [-0.2, 0) is 21.6 Å². The molecule has 3 nitrogen and oxygen atoms in total.